The second-order valence-electron chi connectivity index (χ2n) is 4.43. The Labute approximate surface area is 132 Å². The average Bonchev–Trinajstić information content (AvgIpc) is 2.43. The molecule has 21 heavy (non-hydrogen) atoms. The number of halogens is 1. The van der Waals surface area contributed by atoms with Crippen LogP contribution in [0.5, 0.6) is 0 Å². The topological polar surface area (TPSA) is 94.9 Å². The van der Waals surface area contributed by atoms with Gasteiger partial charge in [-0.15, -0.1) is 0 Å². The number of aliphatic hydroxyl groups is 1. The Morgan fingerprint density at radius 3 is 2.52 bits per heavy atom. The van der Waals surface area contributed by atoms with Crippen molar-refractivity contribution >= 4 is 31.9 Å². The number of carbonyl (C=O) groups is 1. The number of carboxylic acid groups (broad SMARTS) is 1. The van der Waals surface area contributed by atoms with E-state index in [0.29, 0.717) is 10.9 Å². The molecule has 0 fully saturated rings. The van der Waals surface area contributed by atoms with Crippen LogP contribution in [0.3, 0.4) is 0 Å². The van der Waals surface area contributed by atoms with Gasteiger partial charge in [0, 0.05) is 17.6 Å². The molecule has 0 amide bonds. The average molecular weight is 380 g/mol. The van der Waals surface area contributed by atoms with E-state index in [1.54, 1.807) is 0 Å². The van der Waals surface area contributed by atoms with Crippen molar-refractivity contribution in [3.8, 4) is 0 Å². The Kier molecular flexibility index (Phi) is 6.79. The van der Waals surface area contributed by atoms with Crippen molar-refractivity contribution in [3.63, 3.8) is 0 Å². The van der Waals surface area contributed by atoms with Gasteiger partial charge in [-0.25, -0.2) is 13.2 Å². The maximum absolute atomic E-state index is 12.6. The Bertz CT molecular complexity index is 603. The number of rotatable bonds is 8. The van der Waals surface area contributed by atoms with Gasteiger partial charge in [-0.1, -0.05) is 13.3 Å². The van der Waals surface area contributed by atoms with Crippen LogP contribution < -0.4 is 0 Å². The smallest absolute Gasteiger partial charge is 0.335 e. The lowest BCUT2D eigenvalue weighted by atomic mass is 10.2. The van der Waals surface area contributed by atoms with Crippen molar-refractivity contribution in [2.75, 3.05) is 19.7 Å². The summed E-state index contributed by atoms with van der Waals surface area (Å²) in [5.41, 5.74) is -0.101. The Balaban J connectivity index is 3.26. The molecule has 0 aliphatic rings. The van der Waals surface area contributed by atoms with Gasteiger partial charge in [0.25, 0.3) is 0 Å². The third-order valence-electron chi connectivity index (χ3n) is 2.91. The molecule has 8 heteroatoms. The van der Waals surface area contributed by atoms with Gasteiger partial charge in [-0.3, -0.25) is 0 Å². The van der Waals surface area contributed by atoms with E-state index in [9.17, 15) is 13.2 Å². The largest absolute Gasteiger partial charge is 0.478 e. The zero-order chi connectivity index (χ0) is 16.0. The van der Waals surface area contributed by atoms with Crippen LogP contribution in [-0.4, -0.2) is 48.6 Å². The first-order chi connectivity index (χ1) is 9.84. The maximum atomic E-state index is 12.6. The number of aliphatic hydroxyl groups excluding tert-OH is 1. The van der Waals surface area contributed by atoms with Gasteiger partial charge >= 0.3 is 5.97 Å². The normalized spacial score (nSPS) is 11.8. The van der Waals surface area contributed by atoms with Gasteiger partial charge < -0.3 is 10.2 Å². The van der Waals surface area contributed by atoms with Crippen molar-refractivity contribution in [2.45, 2.75) is 24.7 Å². The molecule has 0 saturated carbocycles. The zero-order valence-electron chi connectivity index (χ0n) is 11.6. The molecule has 0 spiro atoms. The highest BCUT2D eigenvalue weighted by Gasteiger charge is 2.26. The summed E-state index contributed by atoms with van der Waals surface area (Å²) in [7, 11) is -3.86. The molecule has 1 aromatic carbocycles. The SMILES string of the molecule is CCCCN(CCO)S(=O)(=O)c1cc(C(=O)O)ccc1Br. The molecule has 1 rings (SSSR count). The lowest BCUT2D eigenvalue weighted by Crippen LogP contribution is -2.34. The first-order valence-corrected chi connectivity index (χ1v) is 8.71. The van der Waals surface area contributed by atoms with Crippen molar-refractivity contribution in [1.82, 2.24) is 4.31 Å². The molecular weight excluding hydrogens is 362 g/mol. The summed E-state index contributed by atoms with van der Waals surface area (Å²) in [6, 6.07) is 3.85. The Morgan fingerprint density at radius 2 is 2.00 bits per heavy atom. The molecule has 0 bridgehead atoms. The monoisotopic (exact) mass is 379 g/mol. The lowest BCUT2D eigenvalue weighted by Gasteiger charge is -2.22. The quantitative estimate of drug-likeness (QED) is 0.719. The molecule has 0 saturated heterocycles. The number of nitrogens with zero attached hydrogens (tertiary/aromatic N) is 1. The van der Waals surface area contributed by atoms with E-state index in [2.05, 4.69) is 15.9 Å². The fourth-order valence-corrected chi connectivity index (χ4v) is 4.19. The molecule has 0 aromatic heterocycles. The molecule has 0 radical (unpaired) electrons. The van der Waals surface area contributed by atoms with Gasteiger partial charge in [-0.05, 0) is 40.5 Å². The summed E-state index contributed by atoms with van der Waals surface area (Å²) in [6.07, 6.45) is 1.48. The number of benzene rings is 1. The van der Waals surface area contributed by atoms with Gasteiger partial charge in [0.15, 0.2) is 0 Å². The van der Waals surface area contributed by atoms with Gasteiger partial charge in [-0.2, -0.15) is 4.31 Å². The van der Waals surface area contributed by atoms with Crippen molar-refractivity contribution in [1.29, 1.82) is 0 Å². The number of unbranched alkanes of at least 4 members (excludes halogenated alkanes) is 1. The van der Waals surface area contributed by atoms with E-state index in [1.807, 2.05) is 6.92 Å². The molecule has 1 aromatic rings. The number of sulfonamides is 1. The summed E-state index contributed by atoms with van der Waals surface area (Å²) in [5, 5.41) is 18.0. The first-order valence-electron chi connectivity index (χ1n) is 6.48. The number of carboxylic acids is 1. The molecule has 0 heterocycles. The molecule has 0 atom stereocenters. The van der Waals surface area contributed by atoms with Crippen LogP contribution >= 0.6 is 15.9 Å². The third-order valence-corrected chi connectivity index (χ3v) is 5.80. The Morgan fingerprint density at radius 1 is 1.33 bits per heavy atom. The maximum Gasteiger partial charge on any atom is 0.335 e. The van der Waals surface area contributed by atoms with E-state index in [1.165, 1.54) is 16.4 Å². The van der Waals surface area contributed by atoms with Gasteiger partial charge in [0.05, 0.1) is 17.1 Å². The van der Waals surface area contributed by atoms with E-state index in [4.69, 9.17) is 10.2 Å². The predicted molar refractivity (Wildman–Crippen MR) is 81.9 cm³/mol. The van der Waals surface area contributed by atoms with Crippen LogP contribution in [0.4, 0.5) is 0 Å². The number of hydrogen-bond donors (Lipinski definition) is 2. The van der Waals surface area contributed by atoms with Crippen molar-refractivity contribution in [2.24, 2.45) is 0 Å². The lowest BCUT2D eigenvalue weighted by molar-refractivity contribution is 0.0696. The van der Waals surface area contributed by atoms with E-state index < -0.39 is 16.0 Å². The first kappa shape index (κ1) is 18.1. The van der Waals surface area contributed by atoms with Gasteiger partial charge in [0.2, 0.25) is 10.0 Å². The van der Waals surface area contributed by atoms with E-state index in [-0.39, 0.29) is 30.2 Å². The minimum absolute atomic E-state index is 0.0218. The molecule has 118 valence electrons. The fraction of sp³-hybridized carbons (Fsp3) is 0.462. The minimum Gasteiger partial charge on any atom is -0.478 e. The van der Waals surface area contributed by atoms with Crippen LogP contribution in [0.15, 0.2) is 27.6 Å². The minimum atomic E-state index is -3.86. The molecule has 2 N–H and O–H groups in total. The molecule has 0 aliphatic heterocycles. The van der Waals surface area contributed by atoms with Crippen LogP contribution in [0.2, 0.25) is 0 Å². The summed E-state index contributed by atoms with van der Waals surface area (Å²) in [4.78, 5) is 10.9. The highest BCUT2D eigenvalue weighted by Crippen LogP contribution is 2.26. The van der Waals surface area contributed by atoms with Crippen molar-refractivity contribution in [3.05, 3.63) is 28.2 Å². The van der Waals surface area contributed by atoms with Crippen LogP contribution in [0.25, 0.3) is 0 Å². The molecule has 0 unspecified atom stereocenters. The fourth-order valence-electron chi connectivity index (χ4n) is 1.77. The summed E-state index contributed by atoms with van der Waals surface area (Å²) in [5.74, 6) is -1.19. The third kappa shape index (κ3) is 4.50. The van der Waals surface area contributed by atoms with E-state index in [0.717, 1.165) is 12.5 Å². The summed E-state index contributed by atoms with van der Waals surface area (Å²) >= 11 is 3.14. The highest BCUT2D eigenvalue weighted by molar-refractivity contribution is 9.10. The van der Waals surface area contributed by atoms with E-state index >= 15 is 0 Å². The number of hydrogen-bond acceptors (Lipinski definition) is 4. The molecular formula is C13H18BrNO5S. The predicted octanol–water partition coefficient (Wildman–Crippen LogP) is 1.93. The summed E-state index contributed by atoms with van der Waals surface area (Å²) in [6.45, 7) is 1.90. The van der Waals surface area contributed by atoms with Crippen LogP contribution in [0, 0.1) is 0 Å². The van der Waals surface area contributed by atoms with Crippen LogP contribution in [-0.2, 0) is 10.0 Å². The standard InChI is InChI=1S/C13H18BrNO5S/c1-2-3-6-15(7-8-16)21(19,20)12-9-10(13(17)18)4-5-11(12)14/h4-5,9,16H,2-3,6-8H2,1H3,(H,17,18). The van der Waals surface area contributed by atoms with Gasteiger partial charge in [0.1, 0.15) is 0 Å². The zero-order valence-corrected chi connectivity index (χ0v) is 14.0. The van der Waals surface area contributed by atoms with Crippen molar-refractivity contribution < 1.29 is 23.4 Å². The summed E-state index contributed by atoms with van der Waals surface area (Å²) < 4.78 is 26.7. The van der Waals surface area contributed by atoms with Crippen LogP contribution in [0.1, 0.15) is 30.1 Å². The second-order valence-corrected chi connectivity index (χ2v) is 7.19. The highest BCUT2D eigenvalue weighted by atomic mass is 79.9. The number of aromatic carboxylic acids is 1. The Hall–Kier alpha value is -0.960. The second kappa shape index (κ2) is 7.88. The molecule has 0 aliphatic carbocycles. The molecule has 6 nitrogen and oxygen atoms in total.